The Morgan fingerprint density at radius 3 is 2.88 bits per heavy atom. The first kappa shape index (κ1) is 15.1. The fourth-order valence-electron chi connectivity index (χ4n) is 3.67. The van der Waals surface area contributed by atoms with Crippen LogP contribution in [-0.2, 0) is 6.42 Å². The van der Waals surface area contributed by atoms with Gasteiger partial charge in [-0.1, -0.05) is 0 Å². The molecule has 1 aliphatic rings. The lowest BCUT2D eigenvalue weighted by Crippen LogP contribution is -2.20. The maximum Gasteiger partial charge on any atom is 0.252 e. The van der Waals surface area contributed by atoms with Crippen molar-refractivity contribution in [3.05, 3.63) is 47.3 Å². The van der Waals surface area contributed by atoms with Crippen molar-refractivity contribution in [2.75, 3.05) is 18.0 Å². The minimum absolute atomic E-state index is 0.631. The van der Waals surface area contributed by atoms with Crippen LogP contribution in [0.1, 0.15) is 29.2 Å². The zero-order chi connectivity index (χ0) is 16.7. The molecule has 3 aromatic rings. The van der Waals surface area contributed by atoms with Crippen molar-refractivity contribution in [2.24, 2.45) is 5.92 Å². The number of nitrogens with zero attached hydrogens (tertiary/aromatic N) is 6. The number of aryl methyl sites for hydroxylation is 3. The Kier molecular flexibility index (Phi) is 3.67. The second kappa shape index (κ2) is 5.85. The predicted octanol–water partition coefficient (Wildman–Crippen LogP) is 2.51. The standard InChI is InChI=1S/C18H22N6/c1-12-17(13(2)24-18(20-12)21-14(3)22-24)9-15-6-8-23(11-15)16-5-4-7-19-10-16/h4-5,7,10,15H,6,8-9,11H2,1-3H3. The molecule has 0 aliphatic carbocycles. The Bertz CT molecular complexity index is 870. The largest absolute Gasteiger partial charge is 0.370 e. The number of hydrogen-bond donors (Lipinski definition) is 0. The summed E-state index contributed by atoms with van der Waals surface area (Å²) < 4.78 is 1.88. The van der Waals surface area contributed by atoms with Gasteiger partial charge >= 0.3 is 0 Å². The molecule has 1 unspecified atom stereocenters. The predicted molar refractivity (Wildman–Crippen MR) is 93.3 cm³/mol. The van der Waals surface area contributed by atoms with E-state index in [2.05, 4.69) is 44.9 Å². The molecule has 0 aromatic carbocycles. The van der Waals surface area contributed by atoms with E-state index in [1.165, 1.54) is 17.7 Å². The van der Waals surface area contributed by atoms with Gasteiger partial charge in [0.25, 0.3) is 5.78 Å². The Hall–Kier alpha value is -2.50. The van der Waals surface area contributed by atoms with Crippen LogP contribution in [0.15, 0.2) is 24.5 Å². The van der Waals surface area contributed by atoms with Gasteiger partial charge < -0.3 is 4.90 Å². The van der Waals surface area contributed by atoms with Crippen LogP contribution in [0.3, 0.4) is 0 Å². The molecule has 1 saturated heterocycles. The molecule has 6 nitrogen and oxygen atoms in total. The quantitative estimate of drug-likeness (QED) is 0.741. The molecule has 0 amide bonds. The summed E-state index contributed by atoms with van der Waals surface area (Å²) >= 11 is 0. The topological polar surface area (TPSA) is 59.2 Å². The van der Waals surface area contributed by atoms with Crippen molar-refractivity contribution in [2.45, 2.75) is 33.6 Å². The summed E-state index contributed by atoms with van der Waals surface area (Å²) in [4.78, 5) is 15.7. The first-order chi connectivity index (χ1) is 11.6. The molecule has 124 valence electrons. The third kappa shape index (κ3) is 2.62. The van der Waals surface area contributed by atoms with Crippen molar-refractivity contribution >= 4 is 11.5 Å². The fraction of sp³-hybridized carbons (Fsp3) is 0.444. The summed E-state index contributed by atoms with van der Waals surface area (Å²) in [5, 5.41) is 4.48. The molecule has 6 heteroatoms. The highest BCUT2D eigenvalue weighted by Crippen LogP contribution is 2.27. The number of pyridine rings is 1. The van der Waals surface area contributed by atoms with Gasteiger partial charge in [0.2, 0.25) is 0 Å². The molecule has 0 saturated carbocycles. The van der Waals surface area contributed by atoms with E-state index in [1.54, 1.807) is 0 Å². The highest BCUT2D eigenvalue weighted by atomic mass is 15.3. The lowest BCUT2D eigenvalue weighted by molar-refractivity contribution is 0.577. The zero-order valence-electron chi connectivity index (χ0n) is 14.4. The van der Waals surface area contributed by atoms with E-state index < -0.39 is 0 Å². The summed E-state index contributed by atoms with van der Waals surface area (Å²) in [6.07, 6.45) is 6.01. The van der Waals surface area contributed by atoms with Crippen molar-refractivity contribution in [1.29, 1.82) is 0 Å². The average molecular weight is 322 g/mol. The van der Waals surface area contributed by atoms with Gasteiger partial charge in [-0.15, -0.1) is 0 Å². The third-order valence-corrected chi connectivity index (χ3v) is 4.94. The van der Waals surface area contributed by atoms with Gasteiger partial charge in [0, 0.05) is 30.7 Å². The number of anilines is 1. The number of fused-ring (bicyclic) bond motifs is 1. The Morgan fingerprint density at radius 1 is 1.21 bits per heavy atom. The smallest absolute Gasteiger partial charge is 0.252 e. The van der Waals surface area contributed by atoms with Crippen LogP contribution in [0.25, 0.3) is 5.78 Å². The molecule has 1 atom stereocenters. The van der Waals surface area contributed by atoms with E-state index in [0.717, 1.165) is 36.7 Å². The van der Waals surface area contributed by atoms with Crippen molar-refractivity contribution in [1.82, 2.24) is 24.6 Å². The second-order valence-electron chi connectivity index (χ2n) is 6.65. The zero-order valence-corrected chi connectivity index (χ0v) is 14.4. The molecule has 0 spiro atoms. The monoisotopic (exact) mass is 322 g/mol. The molecule has 0 radical (unpaired) electrons. The second-order valence-corrected chi connectivity index (χ2v) is 6.65. The molecule has 1 fully saturated rings. The van der Waals surface area contributed by atoms with Crippen molar-refractivity contribution in [3.8, 4) is 0 Å². The van der Waals surface area contributed by atoms with Crippen LogP contribution in [0.4, 0.5) is 5.69 Å². The van der Waals surface area contributed by atoms with E-state index in [1.807, 2.05) is 29.9 Å². The lowest BCUT2D eigenvalue weighted by atomic mass is 9.96. The van der Waals surface area contributed by atoms with E-state index in [0.29, 0.717) is 11.7 Å². The molecular weight excluding hydrogens is 300 g/mol. The average Bonchev–Trinajstić information content (AvgIpc) is 3.19. The first-order valence-corrected chi connectivity index (χ1v) is 8.46. The van der Waals surface area contributed by atoms with Crippen LogP contribution < -0.4 is 4.90 Å². The SMILES string of the molecule is Cc1nc2nc(C)c(CC3CCN(c4cccnc4)C3)c(C)n2n1. The fourth-order valence-corrected chi connectivity index (χ4v) is 3.67. The first-order valence-electron chi connectivity index (χ1n) is 8.46. The van der Waals surface area contributed by atoms with E-state index >= 15 is 0 Å². The maximum absolute atomic E-state index is 4.64. The van der Waals surface area contributed by atoms with Gasteiger partial charge in [-0.3, -0.25) is 4.98 Å². The van der Waals surface area contributed by atoms with Crippen molar-refractivity contribution in [3.63, 3.8) is 0 Å². The highest BCUT2D eigenvalue weighted by molar-refractivity contribution is 5.45. The Balaban J connectivity index is 1.57. The molecule has 0 bridgehead atoms. The van der Waals surface area contributed by atoms with Crippen LogP contribution in [0.2, 0.25) is 0 Å². The Labute approximate surface area is 141 Å². The van der Waals surface area contributed by atoms with Crippen LogP contribution in [-0.4, -0.2) is 37.7 Å². The van der Waals surface area contributed by atoms with Crippen LogP contribution >= 0.6 is 0 Å². The molecule has 4 heterocycles. The third-order valence-electron chi connectivity index (χ3n) is 4.94. The number of hydrogen-bond acceptors (Lipinski definition) is 5. The summed E-state index contributed by atoms with van der Waals surface area (Å²) in [6.45, 7) is 8.27. The molecule has 0 N–H and O–H groups in total. The van der Waals surface area contributed by atoms with E-state index in [9.17, 15) is 0 Å². The van der Waals surface area contributed by atoms with E-state index in [-0.39, 0.29) is 0 Å². The molecule has 4 rings (SSSR count). The van der Waals surface area contributed by atoms with Crippen LogP contribution in [0.5, 0.6) is 0 Å². The van der Waals surface area contributed by atoms with Gasteiger partial charge in [0.05, 0.1) is 11.9 Å². The van der Waals surface area contributed by atoms with Gasteiger partial charge in [-0.05, 0) is 57.2 Å². The molecule has 24 heavy (non-hydrogen) atoms. The van der Waals surface area contributed by atoms with Crippen molar-refractivity contribution < 1.29 is 0 Å². The summed E-state index contributed by atoms with van der Waals surface area (Å²) in [5.74, 6) is 2.10. The Morgan fingerprint density at radius 2 is 2.08 bits per heavy atom. The lowest BCUT2D eigenvalue weighted by Gasteiger charge is -2.19. The number of rotatable bonds is 3. The van der Waals surface area contributed by atoms with Gasteiger partial charge in [0.15, 0.2) is 0 Å². The molecule has 1 aliphatic heterocycles. The number of aromatic nitrogens is 5. The van der Waals surface area contributed by atoms with Gasteiger partial charge in [-0.25, -0.2) is 9.50 Å². The maximum atomic E-state index is 4.64. The van der Waals surface area contributed by atoms with Gasteiger partial charge in [-0.2, -0.15) is 10.1 Å². The van der Waals surface area contributed by atoms with E-state index in [4.69, 9.17) is 0 Å². The minimum Gasteiger partial charge on any atom is -0.370 e. The summed E-state index contributed by atoms with van der Waals surface area (Å²) in [7, 11) is 0. The molecular formula is C18H22N6. The normalized spacial score (nSPS) is 17.8. The minimum atomic E-state index is 0.631. The summed E-state index contributed by atoms with van der Waals surface area (Å²) in [6, 6.07) is 4.14. The van der Waals surface area contributed by atoms with Crippen LogP contribution in [0, 0.1) is 26.7 Å². The molecule has 3 aromatic heterocycles. The van der Waals surface area contributed by atoms with Gasteiger partial charge in [0.1, 0.15) is 5.82 Å². The summed E-state index contributed by atoms with van der Waals surface area (Å²) in [5.41, 5.74) is 4.77. The highest BCUT2D eigenvalue weighted by Gasteiger charge is 2.25.